The van der Waals surface area contributed by atoms with E-state index in [2.05, 4.69) is 28.3 Å². The van der Waals surface area contributed by atoms with Gasteiger partial charge in [-0.1, -0.05) is 18.3 Å². The van der Waals surface area contributed by atoms with E-state index >= 15 is 0 Å². The van der Waals surface area contributed by atoms with Crippen molar-refractivity contribution >= 4 is 38.3 Å². The zero-order valence-corrected chi connectivity index (χ0v) is 10.1. The first kappa shape index (κ1) is 11.4. The topological polar surface area (TPSA) is 114 Å². The highest BCUT2D eigenvalue weighted by atomic mass is 32.1. The Morgan fingerprint density at radius 3 is 2.82 bits per heavy atom. The molecule has 2 rings (SSSR count). The highest BCUT2D eigenvalue weighted by Crippen LogP contribution is 2.36. The summed E-state index contributed by atoms with van der Waals surface area (Å²) < 4.78 is 0. The molecule has 2 aromatic heterocycles. The van der Waals surface area contributed by atoms with Gasteiger partial charge in [-0.25, -0.2) is 4.98 Å². The number of nitrogens with two attached hydrogens (primary N) is 2. The lowest BCUT2D eigenvalue weighted by Gasteiger charge is -2.00. The van der Waals surface area contributed by atoms with Crippen LogP contribution in [0.5, 0.6) is 0 Å². The SMILES string of the molecule is CCCNc1sc2nc(N)nc(N)c2c1C#N. The van der Waals surface area contributed by atoms with Crippen molar-refractivity contribution in [1.82, 2.24) is 9.97 Å². The predicted octanol–water partition coefficient (Wildman–Crippen LogP) is 1.55. The molecule has 0 spiro atoms. The molecule has 0 aliphatic heterocycles. The maximum atomic E-state index is 9.17. The number of anilines is 3. The van der Waals surface area contributed by atoms with Gasteiger partial charge >= 0.3 is 0 Å². The third-order valence-corrected chi connectivity index (χ3v) is 3.29. The molecular formula is C10H12N6S. The summed E-state index contributed by atoms with van der Waals surface area (Å²) in [5.74, 6) is 0.382. The molecule has 2 aromatic rings. The summed E-state index contributed by atoms with van der Waals surface area (Å²) in [6.45, 7) is 2.85. The molecule has 2 heterocycles. The number of rotatable bonds is 3. The first-order valence-electron chi connectivity index (χ1n) is 5.16. The van der Waals surface area contributed by atoms with Crippen LogP contribution in [0.25, 0.3) is 10.2 Å². The molecule has 7 heteroatoms. The normalized spacial score (nSPS) is 10.4. The predicted molar refractivity (Wildman–Crippen MR) is 69.7 cm³/mol. The van der Waals surface area contributed by atoms with Crippen molar-refractivity contribution in [2.24, 2.45) is 0 Å². The van der Waals surface area contributed by atoms with Crippen molar-refractivity contribution < 1.29 is 0 Å². The Balaban J connectivity index is 2.63. The zero-order valence-electron chi connectivity index (χ0n) is 9.32. The molecule has 0 aromatic carbocycles. The molecule has 0 fully saturated rings. The number of hydrogen-bond donors (Lipinski definition) is 3. The van der Waals surface area contributed by atoms with E-state index in [0.29, 0.717) is 15.8 Å². The second kappa shape index (κ2) is 4.43. The lowest BCUT2D eigenvalue weighted by molar-refractivity contribution is 0.983. The molecule has 6 nitrogen and oxygen atoms in total. The van der Waals surface area contributed by atoms with Crippen LogP contribution in [0.1, 0.15) is 18.9 Å². The van der Waals surface area contributed by atoms with E-state index in [4.69, 9.17) is 11.5 Å². The summed E-state index contributed by atoms with van der Waals surface area (Å²) in [4.78, 5) is 8.61. The van der Waals surface area contributed by atoms with Crippen molar-refractivity contribution in [3.05, 3.63) is 5.56 Å². The largest absolute Gasteiger partial charge is 0.383 e. The van der Waals surface area contributed by atoms with Crippen LogP contribution in [0.15, 0.2) is 0 Å². The molecule has 0 saturated carbocycles. The summed E-state index contributed by atoms with van der Waals surface area (Å²) >= 11 is 1.37. The van der Waals surface area contributed by atoms with Gasteiger partial charge < -0.3 is 16.8 Å². The Morgan fingerprint density at radius 1 is 1.41 bits per heavy atom. The number of nitrogens with zero attached hydrogens (tertiary/aromatic N) is 3. The van der Waals surface area contributed by atoms with E-state index in [0.717, 1.165) is 18.0 Å². The van der Waals surface area contributed by atoms with Gasteiger partial charge in [-0.05, 0) is 6.42 Å². The molecule has 5 N–H and O–H groups in total. The molecule has 0 radical (unpaired) electrons. The lowest BCUT2D eigenvalue weighted by Crippen LogP contribution is -2.00. The molecule has 0 atom stereocenters. The molecular weight excluding hydrogens is 236 g/mol. The zero-order chi connectivity index (χ0) is 12.4. The van der Waals surface area contributed by atoms with Crippen molar-refractivity contribution in [3.8, 4) is 6.07 Å². The summed E-state index contributed by atoms with van der Waals surface area (Å²) in [6, 6.07) is 2.13. The van der Waals surface area contributed by atoms with Crippen LogP contribution in [0.3, 0.4) is 0 Å². The fourth-order valence-corrected chi connectivity index (χ4v) is 2.58. The van der Waals surface area contributed by atoms with E-state index < -0.39 is 0 Å². The van der Waals surface area contributed by atoms with Gasteiger partial charge in [0.15, 0.2) is 0 Å². The first-order chi connectivity index (χ1) is 8.17. The second-order valence-electron chi connectivity index (χ2n) is 3.49. The van der Waals surface area contributed by atoms with Gasteiger partial charge in [0.1, 0.15) is 21.7 Å². The summed E-state index contributed by atoms with van der Waals surface area (Å²) in [7, 11) is 0. The molecule has 0 unspecified atom stereocenters. The molecule has 0 aliphatic carbocycles. The van der Waals surface area contributed by atoms with Gasteiger partial charge in [-0.3, -0.25) is 0 Å². The van der Waals surface area contributed by atoms with Gasteiger partial charge in [0, 0.05) is 6.54 Å². The van der Waals surface area contributed by atoms with Crippen molar-refractivity contribution in [1.29, 1.82) is 5.26 Å². The molecule has 88 valence electrons. The number of fused-ring (bicyclic) bond motifs is 1. The van der Waals surface area contributed by atoms with Crippen LogP contribution in [0.4, 0.5) is 16.8 Å². The molecule has 0 bridgehead atoms. The monoisotopic (exact) mass is 248 g/mol. The van der Waals surface area contributed by atoms with E-state index in [-0.39, 0.29) is 11.8 Å². The van der Waals surface area contributed by atoms with E-state index in [1.54, 1.807) is 0 Å². The minimum Gasteiger partial charge on any atom is -0.383 e. The maximum Gasteiger partial charge on any atom is 0.223 e. The Hall–Kier alpha value is -2.07. The third kappa shape index (κ3) is 1.94. The maximum absolute atomic E-state index is 9.17. The Morgan fingerprint density at radius 2 is 2.18 bits per heavy atom. The number of thiophene rings is 1. The number of nitrogens with one attached hydrogen (secondary N) is 1. The fraction of sp³-hybridized carbons (Fsp3) is 0.300. The van der Waals surface area contributed by atoms with Crippen LogP contribution in [-0.4, -0.2) is 16.5 Å². The van der Waals surface area contributed by atoms with Crippen molar-refractivity contribution in [2.75, 3.05) is 23.3 Å². The molecule has 0 amide bonds. The highest BCUT2D eigenvalue weighted by Gasteiger charge is 2.16. The minimum absolute atomic E-state index is 0.128. The smallest absolute Gasteiger partial charge is 0.223 e. The fourth-order valence-electron chi connectivity index (χ4n) is 1.51. The standard InChI is InChI=1S/C10H12N6S/c1-2-3-14-8-5(4-11)6-7(12)15-10(13)16-9(6)17-8/h14H,2-3H2,1H3,(H4,12,13,15,16). The average molecular weight is 248 g/mol. The number of nitrogen functional groups attached to an aromatic ring is 2. The minimum atomic E-state index is 0.128. The third-order valence-electron chi connectivity index (χ3n) is 2.24. The van der Waals surface area contributed by atoms with Crippen molar-refractivity contribution in [3.63, 3.8) is 0 Å². The Bertz CT molecular complexity index is 597. The van der Waals surface area contributed by atoms with E-state index in [1.807, 2.05) is 0 Å². The van der Waals surface area contributed by atoms with Gasteiger partial charge in [-0.15, -0.1) is 0 Å². The van der Waals surface area contributed by atoms with Crippen LogP contribution < -0.4 is 16.8 Å². The number of hydrogen-bond acceptors (Lipinski definition) is 7. The van der Waals surface area contributed by atoms with Gasteiger partial charge in [0.2, 0.25) is 5.95 Å². The van der Waals surface area contributed by atoms with E-state index in [1.165, 1.54) is 11.3 Å². The highest BCUT2D eigenvalue weighted by molar-refractivity contribution is 7.22. The van der Waals surface area contributed by atoms with Gasteiger partial charge in [0.05, 0.1) is 10.9 Å². The number of aromatic nitrogens is 2. The summed E-state index contributed by atoms with van der Waals surface area (Å²) in [6.07, 6.45) is 0.975. The first-order valence-corrected chi connectivity index (χ1v) is 5.98. The van der Waals surface area contributed by atoms with Crippen LogP contribution in [0.2, 0.25) is 0 Å². The van der Waals surface area contributed by atoms with E-state index in [9.17, 15) is 5.26 Å². The Kier molecular flexibility index (Phi) is 2.97. The van der Waals surface area contributed by atoms with Crippen LogP contribution in [-0.2, 0) is 0 Å². The number of nitriles is 1. The molecule has 0 saturated heterocycles. The molecule has 0 aliphatic rings. The summed E-state index contributed by atoms with van der Waals surface area (Å²) in [5, 5.41) is 13.7. The lowest BCUT2D eigenvalue weighted by atomic mass is 10.2. The quantitative estimate of drug-likeness (QED) is 0.759. The molecule has 17 heavy (non-hydrogen) atoms. The van der Waals surface area contributed by atoms with Crippen LogP contribution in [0, 0.1) is 11.3 Å². The van der Waals surface area contributed by atoms with Gasteiger partial charge in [-0.2, -0.15) is 10.2 Å². The average Bonchev–Trinajstić information content (AvgIpc) is 2.63. The van der Waals surface area contributed by atoms with Gasteiger partial charge in [0.25, 0.3) is 0 Å². The second-order valence-corrected chi connectivity index (χ2v) is 4.49. The Labute approximate surface area is 102 Å². The van der Waals surface area contributed by atoms with Crippen LogP contribution >= 0.6 is 11.3 Å². The van der Waals surface area contributed by atoms with Crippen molar-refractivity contribution in [2.45, 2.75) is 13.3 Å². The summed E-state index contributed by atoms with van der Waals surface area (Å²) in [5.41, 5.74) is 11.8.